The van der Waals surface area contributed by atoms with Gasteiger partial charge in [-0.05, 0) is 42.0 Å². The van der Waals surface area contributed by atoms with Crippen LogP contribution in [0, 0.1) is 5.82 Å². The van der Waals surface area contributed by atoms with E-state index in [9.17, 15) is 9.18 Å². The van der Waals surface area contributed by atoms with Crippen molar-refractivity contribution in [2.75, 3.05) is 5.32 Å². The summed E-state index contributed by atoms with van der Waals surface area (Å²) in [6.45, 7) is 0.359. The van der Waals surface area contributed by atoms with Crippen LogP contribution in [0.3, 0.4) is 0 Å². The van der Waals surface area contributed by atoms with Gasteiger partial charge in [0.05, 0.1) is 0 Å². The Balaban J connectivity index is 1.65. The first-order chi connectivity index (χ1) is 11.7. The van der Waals surface area contributed by atoms with Crippen molar-refractivity contribution in [2.24, 2.45) is 0 Å². The highest BCUT2D eigenvalue weighted by molar-refractivity contribution is 5.92. The zero-order valence-electron chi connectivity index (χ0n) is 12.6. The van der Waals surface area contributed by atoms with E-state index < -0.39 is 0 Å². The average Bonchev–Trinajstić information content (AvgIpc) is 2.63. The number of nitrogens with one attached hydrogen (secondary N) is 2. The van der Waals surface area contributed by atoms with Crippen molar-refractivity contribution in [3.63, 3.8) is 0 Å². The van der Waals surface area contributed by atoms with Crippen LogP contribution < -0.4 is 10.6 Å². The fraction of sp³-hybridized carbons (Fsp3) is 0.0588. The SMILES string of the molecule is O=C(NCc1cccnc1)c1ccnc(Nc2ccc(F)cc2)n1. The Morgan fingerprint density at radius 3 is 2.67 bits per heavy atom. The molecule has 1 amide bonds. The molecule has 0 aliphatic rings. The second kappa shape index (κ2) is 7.28. The van der Waals surface area contributed by atoms with Crippen molar-refractivity contribution in [2.45, 2.75) is 6.54 Å². The van der Waals surface area contributed by atoms with E-state index in [1.165, 1.54) is 24.4 Å². The van der Waals surface area contributed by atoms with E-state index in [4.69, 9.17) is 0 Å². The largest absolute Gasteiger partial charge is 0.347 e. The molecule has 0 saturated heterocycles. The van der Waals surface area contributed by atoms with Crippen LogP contribution in [-0.2, 0) is 6.54 Å². The Labute approximate surface area is 137 Å². The molecule has 0 bridgehead atoms. The maximum absolute atomic E-state index is 12.9. The van der Waals surface area contributed by atoms with Crippen LogP contribution >= 0.6 is 0 Å². The molecule has 2 heterocycles. The second-order valence-corrected chi connectivity index (χ2v) is 4.94. The van der Waals surface area contributed by atoms with Gasteiger partial charge in [-0.3, -0.25) is 9.78 Å². The van der Waals surface area contributed by atoms with Crippen molar-refractivity contribution < 1.29 is 9.18 Å². The van der Waals surface area contributed by atoms with Gasteiger partial charge in [0.1, 0.15) is 11.5 Å². The monoisotopic (exact) mass is 323 g/mol. The molecule has 7 heteroatoms. The van der Waals surface area contributed by atoms with Gasteiger partial charge in [-0.15, -0.1) is 0 Å². The van der Waals surface area contributed by atoms with Crippen LogP contribution in [0.2, 0.25) is 0 Å². The van der Waals surface area contributed by atoms with Crippen molar-refractivity contribution in [1.82, 2.24) is 20.3 Å². The van der Waals surface area contributed by atoms with Crippen LogP contribution in [0.5, 0.6) is 0 Å². The Hall–Kier alpha value is -3.35. The van der Waals surface area contributed by atoms with E-state index >= 15 is 0 Å². The summed E-state index contributed by atoms with van der Waals surface area (Å²) >= 11 is 0. The number of aromatic nitrogens is 3. The molecular formula is C17H14FN5O. The lowest BCUT2D eigenvalue weighted by atomic mass is 10.3. The number of halogens is 1. The van der Waals surface area contributed by atoms with E-state index in [-0.39, 0.29) is 23.4 Å². The topological polar surface area (TPSA) is 79.8 Å². The molecular weight excluding hydrogens is 309 g/mol. The highest BCUT2D eigenvalue weighted by atomic mass is 19.1. The number of rotatable bonds is 5. The van der Waals surface area contributed by atoms with Crippen LogP contribution in [-0.4, -0.2) is 20.9 Å². The highest BCUT2D eigenvalue weighted by Crippen LogP contribution is 2.13. The molecule has 3 rings (SSSR count). The van der Waals surface area contributed by atoms with E-state index in [0.29, 0.717) is 12.2 Å². The van der Waals surface area contributed by atoms with Crippen LogP contribution in [0.4, 0.5) is 16.0 Å². The van der Waals surface area contributed by atoms with Crippen LogP contribution in [0.25, 0.3) is 0 Å². The number of anilines is 2. The third-order valence-corrected chi connectivity index (χ3v) is 3.16. The number of amides is 1. The normalized spacial score (nSPS) is 10.2. The van der Waals surface area contributed by atoms with Gasteiger partial charge in [0.2, 0.25) is 5.95 Å². The molecule has 0 unspecified atom stereocenters. The Morgan fingerprint density at radius 2 is 1.92 bits per heavy atom. The van der Waals surface area contributed by atoms with Gasteiger partial charge in [0.25, 0.3) is 5.91 Å². The molecule has 1 aromatic carbocycles. The predicted molar refractivity (Wildman–Crippen MR) is 87.1 cm³/mol. The number of carbonyl (C=O) groups excluding carboxylic acids is 1. The summed E-state index contributed by atoms with van der Waals surface area (Å²) < 4.78 is 12.9. The summed E-state index contributed by atoms with van der Waals surface area (Å²) in [5, 5.41) is 5.69. The van der Waals surface area contributed by atoms with Gasteiger partial charge in [-0.1, -0.05) is 6.07 Å². The Kier molecular flexibility index (Phi) is 4.71. The Morgan fingerprint density at radius 1 is 1.08 bits per heavy atom. The molecule has 0 aliphatic carbocycles. The highest BCUT2D eigenvalue weighted by Gasteiger charge is 2.09. The lowest BCUT2D eigenvalue weighted by molar-refractivity contribution is 0.0946. The number of pyridine rings is 1. The fourth-order valence-electron chi connectivity index (χ4n) is 1.98. The van der Waals surface area contributed by atoms with Gasteiger partial charge in [0.15, 0.2) is 0 Å². The summed E-state index contributed by atoms with van der Waals surface area (Å²) in [6.07, 6.45) is 4.84. The second-order valence-electron chi connectivity index (χ2n) is 4.94. The maximum Gasteiger partial charge on any atom is 0.270 e. The zero-order valence-corrected chi connectivity index (χ0v) is 12.6. The summed E-state index contributed by atoms with van der Waals surface area (Å²) in [7, 11) is 0. The van der Waals surface area contributed by atoms with Gasteiger partial charge in [-0.25, -0.2) is 14.4 Å². The smallest absolute Gasteiger partial charge is 0.270 e. The molecule has 2 N–H and O–H groups in total. The molecule has 3 aromatic rings. The molecule has 0 aliphatic heterocycles. The number of carbonyl (C=O) groups is 1. The fourth-order valence-corrected chi connectivity index (χ4v) is 1.98. The minimum atomic E-state index is -0.329. The van der Waals surface area contributed by atoms with Crippen molar-refractivity contribution in [3.05, 3.63) is 78.1 Å². The van der Waals surface area contributed by atoms with E-state index in [2.05, 4.69) is 25.6 Å². The molecule has 6 nitrogen and oxygen atoms in total. The first-order valence-corrected chi connectivity index (χ1v) is 7.23. The number of hydrogen-bond acceptors (Lipinski definition) is 5. The van der Waals surface area contributed by atoms with Crippen LogP contribution in [0.15, 0.2) is 61.1 Å². The summed E-state index contributed by atoms with van der Waals surface area (Å²) in [4.78, 5) is 24.4. The number of benzene rings is 1. The summed E-state index contributed by atoms with van der Waals surface area (Å²) in [5.74, 6) is -0.385. The zero-order chi connectivity index (χ0) is 16.8. The summed E-state index contributed by atoms with van der Waals surface area (Å²) in [5.41, 5.74) is 1.76. The van der Waals surface area contributed by atoms with Gasteiger partial charge in [-0.2, -0.15) is 0 Å². The van der Waals surface area contributed by atoms with E-state index in [1.807, 2.05) is 6.07 Å². The average molecular weight is 323 g/mol. The minimum absolute atomic E-state index is 0.235. The van der Waals surface area contributed by atoms with Gasteiger partial charge < -0.3 is 10.6 Å². The summed E-state index contributed by atoms with van der Waals surface area (Å²) in [6, 6.07) is 11.0. The van der Waals surface area contributed by atoms with E-state index in [0.717, 1.165) is 5.56 Å². The van der Waals surface area contributed by atoms with E-state index in [1.54, 1.807) is 30.6 Å². The molecule has 2 aromatic heterocycles. The van der Waals surface area contributed by atoms with Crippen molar-refractivity contribution in [3.8, 4) is 0 Å². The standard InChI is InChI=1S/C17H14FN5O/c18-13-3-5-14(6-4-13)22-17-20-9-7-15(23-17)16(24)21-11-12-2-1-8-19-10-12/h1-10H,11H2,(H,21,24)(H,20,22,23). The Bertz CT molecular complexity index is 824. The van der Waals surface area contributed by atoms with Crippen molar-refractivity contribution in [1.29, 1.82) is 0 Å². The first kappa shape index (κ1) is 15.5. The molecule has 120 valence electrons. The molecule has 0 radical (unpaired) electrons. The number of nitrogens with zero attached hydrogens (tertiary/aromatic N) is 3. The first-order valence-electron chi connectivity index (χ1n) is 7.23. The molecule has 0 spiro atoms. The molecule has 24 heavy (non-hydrogen) atoms. The molecule has 0 fully saturated rings. The lowest BCUT2D eigenvalue weighted by Crippen LogP contribution is -2.24. The maximum atomic E-state index is 12.9. The number of hydrogen-bond donors (Lipinski definition) is 2. The van der Waals surface area contributed by atoms with Gasteiger partial charge in [0, 0.05) is 30.8 Å². The molecule has 0 atom stereocenters. The quantitative estimate of drug-likeness (QED) is 0.754. The minimum Gasteiger partial charge on any atom is -0.347 e. The third kappa shape index (κ3) is 4.10. The predicted octanol–water partition coefficient (Wildman–Crippen LogP) is 2.68. The van der Waals surface area contributed by atoms with Crippen LogP contribution in [0.1, 0.15) is 16.1 Å². The van der Waals surface area contributed by atoms with Crippen molar-refractivity contribution >= 4 is 17.5 Å². The lowest BCUT2D eigenvalue weighted by Gasteiger charge is -2.07. The molecule has 0 saturated carbocycles. The third-order valence-electron chi connectivity index (χ3n) is 3.16. The van der Waals surface area contributed by atoms with Gasteiger partial charge >= 0.3 is 0 Å².